The van der Waals surface area contributed by atoms with Gasteiger partial charge in [0.15, 0.2) is 4.67 Å². The minimum Gasteiger partial charge on any atom is -0.457 e. The Balaban J connectivity index is 1.68. The number of likely N-dealkylation sites (tertiary alicyclic amines) is 1. The Kier molecular flexibility index (Phi) is 2.15. The fourth-order valence-corrected chi connectivity index (χ4v) is 2.72. The minimum absolute atomic E-state index is 0.482. The van der Waals surface area contributed by atoms with E-state index in [0.717, 1.165) is 24.4 Å². The quantitative estimate of drug-likeness (QED) is 0.811. The van der Waals surface area contributed by atoms with Crippen molar-refractivity contribution in [3.05, 3.63) is 22.6 Å². The van der Waals surface area contributed by atoms with Crippen molar-refractivity contribution in [3.63, 3.8) is 0 Å². The van der Waals surface area contributed by atoms with Crippen LogP contribution in [0.15, 0.2) is 21.4 Å². The SMILES string of the molecule is Brc1cc(CN2CC3CC2CO3)co1. The average Bonchev–Trinajstić information content (AvgIpc) is 2.82. The van der Waals surface area contributed by atoms with Crippen molar-refractivity contribution in [2.75, 3.05) is 13.2 Å². The molecule has 2 atom stereocenters. The van der Waals surface area contributed by atoms with Crippen LogP contribution in [-0.2, 0) is 11.3 Å². The summed E-state index contributed by atoms with van der Waals surface area (Å²) in [5, 5.41) is 0. The van der Waals surface area contributed by atoms with E-state index in [9.17, 15) is 0 Å². The van der Waals surface area contributed by atoms with Crippen molar-refractivity contribution in [3.8, 4) is 0 Å². The van der Waals surface area contributed by atoms with Gasteiger partial charge in [-0.3, -0.25) is 4.90 Å². The van der Waals surface area contributed by atoms with Crippen molar-refractivity contribution >= 4 is 15.9 Å². The summed E-state index contributed by atoms with van der Waals surface area (Å²) in [6, 6.07) is 2.67. The van der Waals surface area contributed by atoms with E-state index in [1.165, 1.54) is 12.0 Å². The highest BCUT2D eigenvalue weighted by Crippen LogP contribution is 2.29. The predicted octanol–water partition coefficient (Wildman–Crippen LogP) is 2.02. The molecule has 3 nitrogen and oxygen atoms in total. The average molecular weight is 258 g/mol. The number of fused-ring (bicyclic) bond motifs is 2. The summed E-state index contributed by atoms with van der Waals surface area (Å²) in [6.07, 6.45) is 3.51. The number of morpholine rings is 1. The molecule has 2 aliphatic heterocycles. The van der Waals surface area contributed by atoms with Crippen molar-refractivity contribution < 1.29 is 9.15 Å². The van der Waals surface area contributed by atoms with E-state index in [0.29, 0.717) is 12.1 Å². The Labute approximate surface area is 91.1 Å². The third-order valence-corrected chi connectivity index (χ3v) is 3.44. The van der Waals surface area contributed by atoms with E-state index in [-0.39, 0.29) is 0 Å². The zero-order valence-electron chi connectivity index (χ0n) is 7.78. The van der Waals surface area contributed by atoms with Gasteiger partial charge in [-0.1, -0.05) is 0 Å². The molecule has 2 unspecified atom stereocenters. The van der Waals surface area contributed by atoms with Gasteiger partial charge in [-0.25, -0.2) is 0 Å². The molecule has 0 aromatic carbocycles. The summed E-state index contributed by atoms with van der Waals surface area (Å²) >= 11 is 3.31. The number of nitrogens with zero attached hydrogens (tertiary/aromatic N) is 1. The molecule has 2 fully saturated rings. The molecule has 76 valence electrons. The highest BCUT2D eigenvalue weighted by molar-refractivity contribution is 9.10. The zero-order chi connectivity index (χ0) is 9.54. The van der Waals surface area contributed by atoms with Crippen LogP contribution in [0.25, 0.3) is 0 Å². The zero-order valence-corrected chi connectivity index (χ0v) is 9.37. The van der Waals surface area contributed by atoms with Crippen LogP contribution in [0.1, 0.15) is 12.0 Å². The van der Waals surface area contributed by atoms with Crippen molar-refractivity contribution in [1.29, 1.82) is 0 Å². The van der Waals surface area contributed by atoms with Crippen molar-refractivity contribution in [2.45, 2.75) is 25.1 Å². The molecule has 0 saturated carbocycles. The van der Waals surface area contributed by atoms with Crippen LogP contribution in [0.5, 0.6) is 0 Å². The Morgan fingerprint density at radius 3 is 3.07 bits per heavy atom. The lowest BCUT2D eigenvalue weighted by Gasteiger charge is -2.25. The van der Waals surface area contributed by atoms with Crippen LogP contribution in [0.3, 0.4) is 0 Å². The number of ether oxygens (including phenoxy) is 1. The first kappa shape index (κ1) is 8.95. The van der Waals surface area contributed by atoms with E-state index in [1.54, 1.807) is 0 Å². The number of rotatable bonds is 2. The Morgan fingerprint density at radius 2 is 2.50 bits per heavy atom. The Hall–Kier alpha value is -0.320. The van der Waals surface area contributed by atoms with Gasteiger partial charge in [-0.05, 0) is 28.4 Å². The summed E-state index contributed by atoms with van der Waals surface area (Å²) in [6.45, 7) is 2.97. The van der Waals surface area contributed by atoms with Gasteiger partial charge >= 0.3 is 0 Å². The molecule has 0 N–H and O–H groups in total. The molecule has 0 spiro atoms. The Bertz CT molecular complexity index is 339. The first-order chi connectivity index (χ1) is 6.81. The van der Waals surface area contributed by atoms with Gasteiger partial charge in [0.1, 0.15) is 0 Å². The van der Waals surface area contributed by atoms with Crippen LogP contribution < -0.4 is 0 Å². The van der Waals surface area contributed by atoms with E-state index >= 15 is 0 Å². The molecular weight excluding hydrogens is 246 g/mol. The van der Waals surface area contributed by atoms with E-state index in [4.69, 9.17) is 9.15 Å². The molecule has 2 aliphatic rings. The van der Waals surface area contributed by atoms with E-state index in [2.05, 4.69) is 20.8 Å². The summed E-state index contributed by atoms with van der Waals surface area (Å²) < 4.78 is 11.6. The van der Waals surface area contributed by atoms with E-state index in [1.807, 2.05) is 12.3 Å². The molecule has 3 rings (SSSR count). The van der Waals surface area contributed by atoms with Gasteiger partial charge in [0, 0.05) is 24.7 Å². The fourth-order valence-electron chi connectivity index (χ4n) is 2.34. The maximum absolute atomic E-state index is 5.55. The van der Waals surface area contributed by atoms with Crippen LogP contribution in [0.2, 0.25) is 0 Å². The second-order valence-corrected chi connectivity index (χ2v) is 4.81. The smallest absolute Gasteiger partial charge is 0.169 e. The van der Waals surface area contributed by atoms with Crippen LogP contribution in [-0.4, -0.2) is 30.2 Å². The summed E-state index contributed by atoms with van der Waals surface area (Å²) in [5.41, 5.74) is 1.24. The topological polar surface area (TPSA) is 25.6 Å². The summed E-state index contributed by atoms with van der Waals surface area (Å²) in [4.78, 5) is 2.48. The number of hydrogen-bond donors (Lipinski definition) is 0. The molecule has 0 aliphatic carbocycles. The number of hydrogen-bond acceptors (Lipinski definition) is 3. The maximum atomic E-state index is 5.55. The van der Waals surface area contributed by atoms with Gasteiger partial charge in [0.25, 0.3) is 0 Å². The van der Waals surface area contributed by atoms with Crippen LogP contribution >= 0.6 is 15.9 Å². The monoisotopic (exact) mass is 257 g/mol. The molecule has 1 aromatic heterocycles. The van der Waals surface area contributed by atoms with Crippen LogP contribution in [0.4, 0.5) is 0 Å². The molecule has 3 heterocycles. The molecule has 1 aromatic rings. The minimum atomic E-state index is 0.482. The largest absolute Gasteiger partial charge is 0.457 e. The first-order valence-electron chi connectivity index (χ1n) is 4.90. The third-order valence-electron chi connectivity index (χ3n) is 3.02. The maximum Gasteiger partial charge on any atom is 0.169 e. The molecule has 4 heteroatoms. The highest BCUT2D eigenvalue weighted by atomic mass is 79.9. The lowest BCUT2D eigenvalue weighted by molar-refractivity contribution is 0.0272. The normalized spacial score (nSPS) is 31.5. The summed E-state index contributed by atoms with van der Waals surface area (Å²) in [5.74, 6) is 0. The van der Waals surface area contributed by atoms with Gasteiger partial charge in [0.05, 0.1) is 19.0 Å². The molecule has 14 heavy (non-hydrogen) atoms. The highest BCUT2D eigenvalue weighted by Gasteiger charge is 2.38. The van der Waals surface area contributed by atoms with Gasteiger partial charge < -0.3 is 9.15 Å². The lowest BCUT2D eigenvalue weighted by Crippen LogP contribution is -2.36. The molecule has 0 amide bonds. The number of furan rings is 1. The second kappa shape index (κ2) is 3.36. The van der Waals surface area contributed by atoms with Gasteiger partial charge in [-0.15, -0.1) is 0 Å². The van der Waals surface area contributed by atoms with Gasteiger partial charge in [0.2, 0.25) is 0 Å². The molecule has 2 saturated heterocycles. The first-order valence-corrected chi connectivity index (χ1v) is 5.69. The molecular formula is C10H12BrNO2. The second-order valence-electron chi connectivity index (χ2n) is 4.03. The van der Waals surface area contributed by atoms with Crippen LogP contribution in [0, 0.1) is 0 Å². The van der Waals surface area contributed by atoms with Gasteiger partial charge in [-0.2, -0.15) is 0 Å². The summed E-state index contributed by atoms with van der Waals surface area (Å²) in [7, 11) is 0. The fraction of sp³-hybridized carbons (Fsp3) is 0.600. The Morgan fingerprint density at radius 1 is 1.57 bits per heavy atom. The predicted molar refractivity (Wildman–Crippen MR) is 55.0 cm³/mol. The number of halogens is 1. The lowest BCUT2D eigenvalue weighted by atomic mass is 10.2. The molecule has 0 radical (unpaired) electrons. The van der Waals surface area contributed by atoms with E-state index < -0.39 is 0 Å². The standard InChI is InChI=1S/C10H12BrNO2/c11-10-1-7(5-14-10)3-12-4-9-2-8(12)6-13-9/h1,5,8-9H,2-4,6H2. The molecule has 2 bridgehead atoms. The van der Waals surface area contributed by atoms with Crippen molar-refractivity contribution in [2.24, 2.45) is 0 Å². The van der Waals surface area contributed by atoms with Crippen molar-refractivity contribution in [1.82, 2.24) is 4.90 Å². The third kappa shape index (κ3) is 1.51.